The smallest absolute Gasteiger partial charge is 0.302 e. The molecule has 0 saturated heterocycles. The van der Waals surface area contributed by atoms with E-state index in [1.807, 2.05) is 0 Å². The number of fused-ring (bicyclic) bond motifs is 3. The van der Waals surface area contributed by atoms with Crippen LogP contribution in [0.3, 0.4) is 0 Å². The molecule has 3 saturated carbocycles. The van der Waals surface area contributed by atoms with Gasteiger partial charge in [-0.3, -0.25) is 14.4 Å². The van der Waals surface area contributed by atoms with Crippen LogP contribution in [0.4, 0.5) is 0 Å². The molecule has 0 bridgehead atoms. The van der Waals surface area contributed by atoms with Crippen molar-refractivity contribution < 1.29 is 28.6 Å². The highest BCUT2D eigenvalue weighted by Crippen LogP contribution is 2.66. The lowest BCUT2D eigenvalue weighted by atomic mass is 9.42. The van der Waals surface area contributed by atoms with Crippen molar-refractivity contribution in [3.05, 3.63) is 0 Å². The lowest BCUT2D eigenvalue weighted by molar-refractivity contribution is -0.202. The van der Waals surface area contributed by atoms with Crippen molar-refractivity contribution in [3.63, 3.8) is 0 Å². The number of rotatable bonds is 6. The maximum atomic E-state index is 12.1. The third kappa shape index (κ3) is 4.84. The highest BCUT2D eigenvalue weighted by atomic mass is 16.5. The van der Waals surface area contributed by atoms with Gasteiger partial charge in [0.25, 0.3) is 0 Å². The summed E-state index contributed by atoms with van der Waals surface area (Å²) in [5.74, 6) is 0.575. The number of carbonyl (C=O) groups excluding carboxylic acids is 3. The van der Waals surface area contributed by atoms with Crippen molar-refractivity contribution >= 4 is 17.9 Å². The first-order valence-corrected chi connectivity index (χ1v) is 12.4. The SMILES string of the molecule is CC(=O)OCC[C@@]1(C)CC[C@H]2[C@@H](CC[C@H]3[C@](C)(COC(C)=O)CCC[C@]23C)[C@@H]1OC(C)=O. The summed E-state index contributed by atoms with van der Waals surface area (Å²) in [5, 5.41) is 0. The fourth-order valence-corrected chi connectivity index (χ4v) is 7.78. The summed E-state index contributed by atoms with van der Waals surface area (Å²) < 4.78 is 16.8. The molecule has 182 valence electrons. The van der Waals surface area contributed by atoms with Gasteiger partial charge in [0.05, 0.1) is 13.2 Å². The first kappa shape index (κ1) is 25.0. The molecule has 3 fully saturated rings. The summed E-state index contributed by atoms with van der Waals surface area (Å²) in [5.41, 5.74) is -0.0521. The van der Waals surface area contributed by atoms with Gasteiger partial charge in [0.15, 0.2) is 0 Å². The molecule has 6 nitrogen and oxygen atoms in total. The van der Waals surface area contributed by atoms with Gasteiger partial charge >= 0.3 is 17.9 Å². The molecule has 3 rings (SSSR count). The van der Waals surface area contributed by atoms with E-state index in [0.29, 0.717) is 37.4 Å². The second-order valence-electron chi connectivity index (χ2n) is 11.5. The van der Waals surface area contributed by atoms with Crippen LogP contribution in [0.2, 0.25) is 0 Å². The Morgan fingerprint density at radius 2 is 1.50 bits per heavy atom. The standard InChI is InChI=1S/C26H42O6/c1-17(27)30-15-14-24(4)13-10-21-20(23(24)32-19(3)29)8-9-22-25(5,16-31-18(2)28)11-7-12-26(21,22)6/h20-23H,7-16H2,1-6H3/t20-,21+,22+,23+,24-,25+,26-/m1/s1. The molecule has 3 aliphatic rings. The highest BCUT2D eigenvalue weighted by Gasteiger charge is 2.61. The molecular formula is C26H42O6. The van der Waals surface area contributed by atoms with Crippen LogP contribution >= 0.6 is 0 Å². The minimum atomic E-state index is -0.270. The van der Waals surface area contributed by atoms with Crippen LogP contribution in [-0.2, 0) is 28.6 Å². The van der Waals surface area contributed by atoms with Crippen LogP contribution in [0.15, 0.2) is 0 Å². The third-order valence-electron chi connectivity index (χ3n) is 9.23. The molecule has 0 heterocycles. The molecule has 32 heavy (non-hydrogen) atoms. The Labute approximate surface area is 193 Å². The molecule has 0 amide bonds. The lowest BCUT2D eigenvalue weighted by Crippen LogP contribution is -2.60. The van der Waals surface area contributed by atoms with Crippen molar-refractivity contribution in [1.82, 2.24) is 0 Å². The Kier molecular flexibility index (Phi) is 7.31. The van der Waals surface area contributed by atoms with Gasteiger partial charge in [-0.2, -0.15) is 0 Å². The van der Waals surface area contributed by atoms with Gasteiger partial charge in [0.1, 0.15) is 6.10 Å². The molecule has 0 aromatic heterocycles. The maximum absolute atomic E-state index is 12.1. The normalized spacial score (nSPS) is 41.1. The molecule has 3 aliphatic carbocycles. The zero-order valence-corrected chi connectivity index (χ0v) is 20.8. The molecule has 0 radical (unpaired) electrons. The van der Waals surface area contributed by atoms with Crippen LogP contribution in [0.25, 0.3) is 0 Å². The van der Waals surface area contributed by atoms with Crippen LogP contribution < -0.4 is 0 Å². The summed E-state index contributed by atoms with van der Waals surface area (Å²) in [6.07, 6.45) is 8.07. The number of hydrogen-bond acceptors (Lipinski definition) is 6. The van der Waals surface area contributed by atoms with Gasteiger partial charge in [-0.15, -0.1) is 0 Å². The first-order chi connectivity index (χ1) is 14.9. The second kappa shape index (κ2) is 9.34. The molecule has 0 aliphatic heterocycles. The summed E-state index contributed by atoms with van der Waals surface area (Å²) >= 11 is 0. The minimum Gasteiger partial charge on any atom is -0.466 e. The lowest BCUT2D eigenvalue weighted by Gasteiger charge is -2.63. The molecule has 7 atom stereocenters. The summed E-state index contributed by atoms with van der Waals surface area (Å²) in [7, 11) is 0. The second-order valence-corrected chi connectivity index (χ2v) is 11.5. The highest BCUT2D eigenvalue weighted by molar-refractivity contribution is 5.66. The van der Waals surface area contributed by atoms with E-state index in [0.717, 1.165) is 38.5 Å². The largest absolute Gasteiger partial charge is 0.466 e. The summed E-state index contributed by atoms with van der Waals surface area (Å²) in [6.45, 7) is 12.2. The van der Waals surface area contributed by atoms with Crippen molar-refractivity contribution in [2.45, 2.75) is 99.0 Å². The average molecular weight is 451 g/mol. The van der Waals surface area contributed by atoms with Crippen LogP contribution in [-0.4, -0.2) is 37.2 Å². The molecule has 0 N–H and O–H groups in total. The van der Waals surface area contributed by atoms with Gasteiger partial charge in [-0.05, 0) is 68.1 Å². The predicted octanol–water partition coefficient (Wildman–Crippen LogP) is 5.07. The fourth-order valence-electron chi connectivity index (χ4n) is 7.78. The average Bonchev–Trinajstić information content (AvgIpc) is 2.68. The number of hydrogen-bond donors (Lipinski definition) is 0. The Hall–Kier alpha value is -1.59. The van der Waals surface area contributed by atoms with Crippen LogP contribution in [0, 0.1) is 34.0 Å². The van der Waals surface area contributed by atoms with Gasteiger partial charge in [0, 0.05) is 31.6 Å². The summed E-state index contributed by atoms with van der Waals surface area (Å²) in [4.78, 5) is 34.9. The monoisotopic (exact) mass is 450 g/mol. The van der Waals surface area contributed by atoms with Crippen molar-refractivity contribution in [2.75, 3.05) is 13.2 Å². The molecule has 6 heteroatoms. The van der Waals surface area contributed by atoms with Crippen LogP contribution in [0.5, 0.6) is 0 Å². The Morgan fingerprint density at radius 1 is 0.812 bits per heavy atom. The predicted molar refractivity (Wildman–Crippen MR) is 121 cm³/mol. The van der Waals surface area contributed by atoms with E-state index in [9.17, 15) is 14.4 Å². The molecular weight excluding hydrogens is 408 g/mol. The number of carbonyl (C=O) groups is 3. The Morgan fingerprint density at radius 3 is 2.12 bits per heavy atom. The van der Waals surface area contributed by atoms with Gasteiger partial charge in [-0.1, -0.05) is 27.2 Å². The van der Waals surface area contributed by atoms with E-state index in [1.54, 1.807) is 0 Å². The Balaban J connectivity index is 1.85. The maximum Gasteiger partial charge on any atom is 0.302 e. The number of ether oxygens (including phenoxy) is 3. The molecule has 0 unspecified atom stereocenters. The zero-order chi connectivity index (χ0) is 23.7. The van der Waals surface area contributed by atoms with E-state index >= 15 is 0 Å². The van der Waals surface area contributed by atoms with Crippen molar-refractivity contribution in [2.24, 2.45) is 34.0 Å². The quantitative estimate of drug-likeness (QED) is 0.415. The molecule has 0 spiro atoms. The zero-order valence-electron chi connectivity index (χ0n) is 20.8. The van der Waals surface area contributed by atoms with Crippen molar-refractivity contribution in [1.29, 1.82) is 0 Å². The fraction of sp³-hybridized carbons (Fsp3) is 0.885. The third-order valence-corrected chi connectivity index (χ3v) is 9.23. The van der Waals surface area contributed by atoms with Gasteiger partial charge in [-0.25, -0.2) is 0 Å². The topological polar surface area (TPSA) is 78.9 Å². The molecule has 0 aromatic carbocycles. The first-order valence-electron chi connectivity index (χ1n) is 12.4. The van der Waals surface area contributed by atoms with Gasteiger partial charge in [0.2, 0.25) is 0 Å². The van der Waals surface area contributed by atoms with E-state index in [4.69, 9.17) is 14.2 Å². The van der Waals surface area contributed by atoms with E-state index < -0.39 is 0 Å². The number of esters is 3. The van der Waals surface area contributed by atoms with E-state index in [1.165, 1.54) is 27.2 Å². The minimum absolute atomic E-state index is 0.00333. The summed E-state index contributed by atoms with van der Waals surface area (Å²) in [6, 6.07) is 0. The van der Waals surface area contributed by atoms with Crippen molar-refractivity contribution in [3.8, 4) is 0 Å². The van der Waals surface area contributed by atoms with Crippen LogP contribution in [0.1, 0.15) is 92.9 Å². The van der Waals surface area contributed by atoms with Gasteiger partial charge < -0.3 is 14.2 Å². The molecule has 0 aromatic rings. The van der Waals surface area contributed by atoms with E-state index in [2.05, 4.69) is 20.8 Å². The Bertz CT molecular complexity index is 734. The van der Waals surface area contributed by atoms with E-state index in [-0.39, 0.29) is 40.3 Å².